The number of fused-ring (bicyclic) bond motifs is 1. The summed E-state index contributed by atoms with van der Waals surface area (Å²) in [4.78, 5) is 24.8. The molecule has 7 heteroatoms. The normalized spacial score (nSPS) is 10.8. The molecular formula is C19H13N3O4. The van der Waals surface area contributed by atoms with E-state index in [1.54, 1.807) is 30.3 Å². The second-order valence-corrected chi connectivity index (χ2v) is 5.53. The molecule has 0 radical (unpaired) electrons. The molecule has 0 aliphatic carbocycles. The second kappa shape index (κ2) is 6.21. The third-order valence-corrected chi connectivity index (χ3v) is 3.90. The highest BCUT2D eigenvalue weighted by atomic mass is 16.4. The highest BCUT2D eigenvalue weighted by molar-refractivity contribution is 6.08. The molecule has 0 bridgehead atoms. The molecule has 0 aliphatic heterocycles. The third-order valence-electron chi connectivity index (χ3n) is 3.90. The van der Waals surface area contributed by atoms with Gasteiger partial charge in [-0.2, -0.15) is 5.10 Å². The first kappa shape index (κ1) is 15.6. The summed E-state index contributed by atoms with van der Waals surface area (Å²) in [6, 6.07) is 17.2. The van der Waals surface area contributed by atoms with E-state index in [0.29, 0.717) is 5.82 Å². The van der Waals surface area contributed by atoms with Crippen LogP contribution in [0.1, 0.15) is 10.4 Å². The topological polar surface area (TPSA) is 97.4 Å². The van der Waals surface area contributed by atoms with Crippen molar-refractivity contribution in [3.63, 3.8) is 0 Å². The average Bonchev–Trinajstić information content (AvgIpc) is 3.10. The Hall–Kier alpha value is -3.87. The lowest BCUT2D eigenvalue weighted by Gasteiger charge is -2.10. The fraction of sp³-hybridized carbons (Fsp3) is 0. The van der Waals surface area contributed by atoms with Crippen LogP contribution in [0.15, 0.2) is 76.1 Å². The molecule has 2 heterocycles. The number of carbonyl (C=O) groups excluding carboxylic acids is 1. The van der Waals surface area contributed by atoms with Crippen LogP contribution in [0.25, 0.3) is 16.7 Å². The maximum absolute atomic E-state index is 12.6. The van der Waals surface area contributed by atoms with Gasteiger partial charge in [0.15, 0.2) is 5.56 Å². The van der Waals surface area contributed by atoms with Gasteiger partial charge >= 0.3 is 5.63 Å². The zero-order chi connectivity index (χ0) is 18.1. The Labute approximate surface area is 147 Å². The van der Waals surface area contributed by atoms with Crippen LogP contribution in [0.4, 0.5) is 5.82 Å². The van der Waals surface area contributed by atoms with Crippen molar-refractivity contribution in [2.45, 2.75) is 0 Å². The Morgan fingerprint density at radius 1 is 1.04 bits per heavy atom. The summed E-state index contributed by atoms with van der Waals surface area (Å²) < 4.78 is 6.64. The van der Waals surface area contributed by atoms with Crippen molar-refractivity contribution >= 4 is 22.7 Å². The highest BCUT2D eigenvalue weighted by Gasteiger charge is 2.22. The molecule has 26 heavy (non-hydrogen) atoms. The van der Waals surface area contributed by atoms with Crippen molar-refractivity contribution in [1.29, 1.82) is 0 Å². The molecule has 2 N–H and O–H groups in total. The van der Waals surface area contributed by atoms with Gasteiger partial charge in [-0.3, -0.25) is 4.79 Å². The molecule has 0 spiro atoms. The zero-order valence-electron chi connectivity index (χ0n) is 13.4. The Kier molecular flexibility index (Phi) is 3.74. The number of rotatable bonds is 3. The summed E-state index contributed by atoms with van der Waals surface area (Å²) in [6.45, 7) is 0. The van der Waals surface area contributed by atoms with Crippen LogP contribution in [0.5, 0.6) is 5.75 Å². The Balaban J connectivity index is 1.74. The van der Waals surface area contributed by atoms with Gasteiger partial charge in [-0.25, -0.2) is 9.48 Å². The Morgan fingerprint density at radius 3 is 2.58 bits per heavy atom. The summed E-state index contributed by atoms with van der Waals surface area (Å²) in [7, 11) is 0. The number of nitrogens with zero attached hydrogens (tertiary/aromatic N) is 2. The van der Waals surface area contributed by atoms with Gasteiger partial charge in [0.2, 0.25) is 0 Å². The number of para-hydroxylation sites is 2. The van der Waals surface area contributed by atoms with Crippen LogP contribution in [-0.2, 0) is 0 Å². The van der Waals surface area contributed by atoms with Crippen LogP contribution in [0, 0.1) is 0 Å². The Bertz CT molecular complexity index is 1160. The smallest absolute Gasteiger partial charge is 0.353 e. The number of aromatic nitrogens is 2. The van der Waals surface area contributed by atoms with E-state index in [1.165, 1.54) is 10.9 Å². The monoisotopic (exact) mass is 347 g/mol. The van der Waals surface area contributed by atoms with E-state index < -0.39 is 22.8 Å². The number of nitrogens with one attached hydrogen (secondary N) is 1. The molecule has 0 saturated heterocycles. The van der Waals surface area contributed by atoms with Crippen LogP contribution >= 0.6 is 0 Å². The molecule has 7 nitrogen and oxygen atoms in total. The summed E-state index contributed by atoms with van der Waals surface area (Å²) in [5.74, 6) is -0.840. The van der Waals surface area contributed by atoms with Crippen molar-refractivity contribution < 1.29 is 14.3 Å². The number of hydrogen-bond acceptors (Lipinski definition) is 5. The number of hydrogen-bond donors (Lipinski definition) is 2. The minimum absolute atomic E-state index is 0.209. The van der Waals surface area contributed by atoms with E-state index in [4.69, 9.17) is 4.42 Å². The molecule has 0 atom stereocenters. The lowest BCUT2D eigenvalue weighted by Crippen LogP contribution is -2.22. The maximum Gasteiger partial charge on any atom is 0.353 e. The van der Waals surface area contributed by atoms with E-state index in [2.05, 4.69) is 10.4 Å². The standard InChI is InChI=1S/C19H13N3O4/c23-17-13-8-4-5-9-14(13)26-19(25)16(17)18(24)21-15-10-11-20-22(15)12-6-2-1-3-7-12/h1-11,23H,(H,21,24). The molecule has 128 valence electrons. The van der Waals surface area contributed by atoms with Crippen LogP contribution in [0.2, 0.25) is 0 Å². The summed E-state index contributed by atoms with van der Waals surface area (Å²) in [5.41, 5.74) is -0.419. The predicted octanol–water partition coefficient (Wildman–Crippen LogP) is 2.94. The molecule has 0 saturated carbocycles. The molecule has 0 aliphatic rings. The van der Waals surface area contributed by atoms with Crippen molar-refractivity contribution in [3.8, 4) is 11.4 Å². The fourth-order valence-corrected chi connectivity index (χ4v) is 2.69. The fourth-order valence-electron chi connectivity index (χ4n) is 2.69. The van der Waals surface area contributed by atoms with E-state index in [0.717, 1.165) is 5.69 Å². The SMILES string of the molecule is O=C(Nc1ccnn1-c1ccccc1)c1c(O)c2ccccc2oc1=O. The number of anilines is 1. The quantitative estimate of drug-likeness (QED) is 0.555. The minimum atomic E-state index is -0.913. The number of amides is 1. The first-order valence-corrected chi connectivity index (χ1v) is 7.81. The van der Waals surface area contributed by atoms with Gasteiger partial charge in [-0.05, 0) is 24.3 Å². The first-order valence-electron chi connectivity index (χ1n) is 7.81. The van der Waals surface area contributed by atoms with Crippen molar-refractivity contribution in [2.24, 2.45) is 0 Å². The molecule has 0 fully saturated rings. The van der Waals surface area contributed by atoms with Gasteiger partial charge in [-0.15, -0.1) is 0 Å². The zero-order valence-corrected chi connectivity index (χ0v) is 13.4. The largest absolute Gasteiger partial charge is 0.506 e. The maximum atomic E-state index is 12.6. The van der Waals surface area contributed by atoms with Crippen molar-refractivity contribution in [1.82, 2.24) is 9.78 Å². The van der Waals surface area contributed by atoms with Gasteiger partial charge in [0, 0.05) is 6.07 Å². The van der Waals surface area contributed by atoms with E-state index in [-0.39, 0.29) is 11.0 Å². The summed E-state index contributed by atoms with van der Waals surface area (Å²) in [6.07, 6.45) is 1.52. The number of aromatic hydroxyl groups is 1. The molecule has 4 rings (SSSR count). The third kappa shape index (κ3) is 2.61. The van der Waals surface area contributed by atoms with Crippen molar-refractivity contribution in [2.75, 3.05) is 5.32 Å². The van der Waals surface area contributed by atoms with Gasteiger partial charge in [0.1, 0.15) is 17.2 Å². The molecule has 0 unspecified atom stereocenters. The minimum Gasteiger partial charge on any atom is -0.506 e. The average molecular weight is 347 g/mol. The molecule has 1 amide bonds. The van der Waals surface area contributed by atoms with Crippen LogP contribution in [-0.4, -0.2) is 20.8 Å². The van der Waals surface area contributed by atoms with E-state index in [1.807, 2.05) is 30.3 Å². The molecular weight excluding hydrogens is 334 g/mol. The van der Waals surface area contributed by atoms with Crippen LogP contribution in [0.3, 0.4) is 0 Å². The number of carbonyl (C=O) groups is 1. The van der Waals surface area contributed by atoms with Gasteiger partial charge in [-0.1, -0.05) is 30.3 Å². The lowest BCUT2D eigenvalue weighted by atomic mass is 10.1. The second-order valence-electron chi connectivity index (χ2n) is 5.53. The highest BCUT2D eigenvalue weighted by Crippen LogP contribution is 2.26. The predicted molar refractivity (Wildman–Crippen MR) is 95.7 cm³/mol. The summed E-state index contributed by atoms with van der Waals surface area (Å²) >= 11 is 0. The van der Waals surface area contributed by atoms with Gasteiger partial charge < -0.3 is 14.8 Å². The van der Waals surface area contributed by atoms with Gasteiger partial charge in [0.05, 0.1) is 17.3 Å². The molecule has 2 aromatic carbocycles. The van der Waals surface area contributed by atoms with Gasteiger partial charge in [0.25, 0.3) is 5.91 Å². The summed E-state index contributed by atoms with van der Waals surface area (Å²) in [5, 5.41) is 17.4. The van der Waals surface area contributed by atoms with E-state index >= 15 is 0 Å². The lowest BCUT2D eigenvalue weighted by molar-refractivity contribution is 0.102. The molecule has 4 aromatic rings. The van der Waals surface area contributed by atoms with E-state index in [9.17, 15) is 14.7 Å². The first-order chi connectivity index (χ1) is 12.6. The molecule has 2 aromatic heterocycles. The van der Waals surface area contributed by atoms with Crippen molar-refractivity contribution in [3.05, 3.63) is 82.8 Å². The van der Waals surface area contributed by atoms with Crippen LogP contribution < -0.4 is 10.9 Å². The number of benzene rings is 2. The Morgan fingerprint density at radius 2 is 1.77 bits per heavy atom.